The first-order valence-corrected chi connectivity index (χ1v) is 7.29. The Morgan fingerprint density at radius 3 is 3.06 bits per heavy atom. The van der Waals surface area contributed by atoms with Crippen LogP contribution in [0.15, 0.2) is 18.2 Å². The van der Waals surface area contributed by atoms with E-state index in [0.29, 0.717) is 0 Å². The molecule has 1 heterocycles. The van der Waals surface area contributed by atoms with Gasteiger partial charge in [-0.25, -0.2) is 0 Å². The summed E-state index contributed by atoms with van der Waals surface area (Å²) in [4.78, 5) is 0. The molecule has 0 saturated carbocycles. The van der Waals surface area contributed by atoms with Crippen molar-refractivity contribution in [2.75, 3.05) is 19.7 Å². The van der Waals surface area contributed by atoms with Crippen LogP contribution in [0.25, 0.3) is 0 Å². The Balaban J connectivity index is 1.79. The first-order valence-electron chi connectivity index (χ1n) is 6.91. The molecule has 1 N–H and O–H groups in total. The van der Waals surface area contributed by atoms with Crippen molar-refractivity contribution in [3.63, 3.8) is 0 Å². The van der Waals surface area contributed by atoms with Crippen molar-refractivity contribution in [2.45, 2.75) is 32.6 Å². The number of rotatable bonds is 5. The Hall–Kier alpha value is -0.730. The molecule has 1 aromatic rings. The Labute approximate surface area is 115 Å². The normalized spacial score (nSPS) is 19.8. The van der Waals surface area contributed by atoms with Crippen molar-refractivity contribution in [1.82, 2.24) is 5.32 Å². The highest BCUT2D eigenvalue weighted by Gasteiger charge is 2.12. The summed E-state index contributed by atoms with van der Waals surface area (Å²) in [5, 5.41) is 4.27. The minimum atomic E-state index is 0.775. The predicted molar refractivity (Wildman–Crippen MR) is 76.5 cm³/mol. The minimum Gasteiger partial charge on any atom is -0.494 e. The molecule has 0 bridgehead atoms. The molecule has 1 aliphatic heterocycles. The van der Waals surface area contributed by atoms with Crippen LogP contribution in [0, 0.1) is 5.92 Å². The van der Waals surface area contributed by atoms with E-state index in [1.165, 1.54) is 19.4 Å². The minimum absolute atomic E-state index is 0.775. The van der Waals surface area contributed by atoms with E-state index in [2.05, 4.69) is 18.3 Å². The third-order valence-corrected chi connectivity index (χ3v) is 3.96. The van der Waals surface area contributed by atoms with Crippen LogP contribution < -0.4 is 10.1 Å². The molecular weight excluding hydrogens is 246 g/mol. The van der Waals surface area contributed by atoms with Crippen molar-refractivity contribution in [3.05, 3.63) is 28.8 Å². The molecule has 2 nitrogen and oxygen atoms in total. The topological polar surface area (TPSA) is 21.3 Å². The molecule has 18 heavy (non-hydrogen) atoms. The summed E-state index contributed by atoms with van der Waals surface area (Å²) in [6.07, 6.45) is 4.71. The fourth-order valence-corrected chi connectivity index (χ4v) is 2.68. The van der Waals surface area contributed by atoms with Gasteiger partial charge < -0.3 is 10.1 Å². The fraction of sp³-hybridized carbons (Fsp3) is 0.600. The van der Waals surface area contributed by atoms with Crippen LogP contribution in [0.5, 0.6) is 5.75 Å². The molecule has 1 atom stereocenters. The van der Waals surface area contributed by atoms with Gasteiger partial charge in [-0.3, -0.25) is 0 Å². The van der Waals surface area contributed by atoms with Crippen LogP contribution in [0.1, 0.15) is 31.7 Å². The maximum absolute atomic E-state index is 6.09. The number of hydrogen-bond acceptors (Lipinski definition) is 2. The van der Waals surface area contributed by atoms with Gasteiger partial charge in [-0.05, 0) is 68.5 Å². The highest BCUT2D eigenvalue weighted by Crippen LogP contribution is 2.23. The molecule has 0 amide bonds. The number of aryl methyl sites for hydroxylation is 1. The quantitative estimate of drug-likeness (QED) is 0.879. The van der Waals surface area contributed by atoms with Crippen LogP contribution in [-0.4, -0.2) is 19.7 Å². The van der Waals surface area contributed by atoms with Crippen LogP contribution in [-0.2, 0) is 6.42 Å². The van der Waals surface area contributed by atoms with Gasteiger partial charge in [0, 0.05) is 5.02 Å². The highest BCUT2D eigenvalue weighted by molar-refractivity contribution is 6.31. The van der Waals surface area contributed by atoms with Gasteiger partial charge in [0.15, 0.2) is 0 Å². The Morgan fingerprint density at radius 2 is 2.33 bits per heavy atom. The summed E-state index contributed by atoms with van der Waals surface area (Å²) in [6.45, 7) is 5.23. The number of ether oxygens (including phenoxy) is 1. The van der Waals surface area contributed by atoms with E-state index in [9.17, 15) is 0 Å². The van der Waals surface area contributed by atoms with Crippen LogP contribution >= 0.6 is 11.6 Å². The van der Waals surface area contributed by atoms with Crippen LogP contribution in [0.2, 0.25) is 5.02 Å². The zero-order valence-corrected chi connectivity index (χ0v) is 11.8. The molecule has 1 aromatic carbocycles. The summed E-state index contributed by atoms with van der Waals surface area (Å²) >= 11 is 6.09. The van der Waals surface area contributed by atoms with Gasteiger partial charge in [0.1, 0.15) is 5.75 Å². The molecule has 1 fully saturated rings. The predicted octanol–water partition coefficient (Wildman–Crippen LogP) is 3.67. The summed E-state index contributed by atoms with van der Waals surface area (Å²) in [6, 6.07) is 5.94. The van der Waals surface area contributed by atoms with Gasteiger partial charge >= 0.3 is 0 Å². The van der Waals surface area contributed by atoms with E-state index in [4.69, 9.17) is 16.3 Å². The van der Waals surface area contributed by atoms with Crippen molar-refractivity contribution < 1.29 is 4.74 Å². The summed E-state index contributed by atoms with van der Waals surface area (Å²) in [5.74, 6) is 1.72. The highest BCUT2D eigenvalue weighted by atomic mass is 35.5. The van der Waals surface area contributed by atoms with Gasteiger partial charge in [-0.2, -0.15) is 0 Å². The number of nitrogens with one attached hydrogen (secondary N) is 1. The molecule has 0 spiro atoms. The lowest BCUT2D eigenvalue weighted by molar-refractivity contribution is 0.254. The van der Waals surface area contributed by atoms with Crippen LogP contribution in [0.3, 0.4) is 0 Å². The van der Waals surface area contributed by atoms with Gasteiger partial charge in [0.2, 0.25) is 0 Å². The zero-order chi connectivity index (χ0) is 12.8. The molecule has 0 aliphatic carbocycles. The molecule has 2 rings (SSSR count). The lowest BCUT2D eigenvalue weighted by Gasteiger charge is -2.22. The maximum atomic E-state index is 6.09. The SMILES string of the molecule is CCc1cc(OCC[C@H]2CCCNC2)ccc1Cl. The first-order chi connectivity index (χ1) is 8.79. The van der Waals surface area contributed by atoms with Crippen molar-refractivity contribution in [2.24, 2.45) is 5.92 Å². The van der Waals surface area contributed by atoms with Crippen LogP contribution in [0.4, 0.5) is 0 Å². The van der Waals surface area contributed by atoms with E-state index in [1.807, 2.05) is 12.1 Å². The van der Waals surface area contributed by atoms with Gasteiger partial charge in [0.25, 0.3) is 0 Å². The zero-order valence-electron chi connectivity index (χ0n) is 11.0. The Morgan fingerprint density at radius 1 is 1.44 bits per heavy atom. The number of hydrogen-bond donors (Lipinski definition) is 1. The number of halogens is 1. The maximum Gasteiger partial charge on any atom is 0.119 e. The molecular formula is C15H22ClNO. The van der Waals surface area contributed by atoms with Gasteiger partial charge in [-0.1, -0.05) is 18.5 Å². The molecule has 100 valence electrons. The lowest BCUT2D eigenvalue weighted by Crippen LogP contribution is -2.30. The fourth-order valence-electron chi connectivity index (χ4n) is 2.43. The summed E-state index contributed by atoms with van der Waals surface area (Å²) in [7, 11) is 0. The molecule has 3 heteroatoms. The number of benzene rings is 1. The molecule has 1 saturated heterocycles. The van der Waals surface area contributed by atoms with Gasteiger partial charge in [0.05, 0.1) is 6.61 Å². The smallest absolute Gasteiger partial charge is 0.119 e. The monoisotopic (exact) mass is 267 g/mol. The molecule has 0 radical (unpaired) electrons. The van der Waals surface area contributed by atoms with Gasteiger partial charge in [-0.15, -0.1) is 0 Å². The second kappa shape index (κ2) is 7.01. The molecule has 0 unspecified atom stereocenters. The first kappa shape index (κ1) is 13.7. The lowest BCUT2D eigenvalue weighted by atomic mass is 9.97. The molecule has 0 aromatic heterocycles. The third kappa shape index (κ3) is 3.89. The number of piperidine rings is 1. The van der Waals surface area contributed by atoms with Crippen molar-refractivity contribution in [3.8, 4) is 5.75 Å². The van der Waals surface area contributed by atoms with Crippen molar-refractivity contribution >= 4 is 11.6 Å². The van der Waals surface area contributed by atoms with E-state index < -0.39 is 0 Å². The second-order valence-corrected chi connectivity index (χ2v) is 5.36. The summed E-state index contributed by atoms with van der Waals surface area (Å²) in [5.41, 5.74) is 1.16. The standard InChI is InChI=1S/C15H22ClNO/c1-2-13-10-14(5-6-15(13)16)18-9-7-12-4-3-8-17-11-12/h5-6,10,12,17H,2-4,7-9,11H2,1H3/t12-/m1/s1. The average Bonchev–Trinajstić information content (AvgIpc) is 2.42. The van der Waals surface area contributed by atoms with E-state index >= 15 is 0 Å². The van der Waals surface area contributed by atoms with E-state index in [0.717, 1.165) is 48.2 Å². The molecule has 1 aliphatic rings. The second-order valence-electron chi connectivity index (χ2n) is 4.96. The largest absolute Gasteiger partial charge is 0.494 e. The summed E-state index contributed by atoms with van der Waals surface area (Å²) < 4.78 is 5.82. The van der Waals surface area contributed by atoms with E-state index in [-0.39, 0.29) is 0 Å². The Bertz CT molecular complexity index is 375. The Kier molecular flexibility index (Phi) is 5.33. The average molecular weight is 268 g/mol. The third-order valence-electron chi connectivity index (χ3n) is 3.59. The van der Waals surface area contributed by atoms with E-state index in [1.54, 1.807) is 0 Å². The van der Waals surface area contributed by atoms with Crippen molar-refractivity contribution in [1.29, 1.82) is 0 Å².